The van der Waals surface area contributed by atoms with Crippen molar-refractivity contribution in [1.82, 2.24) is 5.32 Å². The zero-order valence-electron chi connectivity index (χ0n) is 16.7. The molecule has 3 atom stereocenters. The Bertz CT molecular complexity index is 1020. The van der Waals surface area contributed by atoms with Crippen LogP contribution in [-0.4, -0.2) is 25.2 Å². The van der Waals surface area contributed by atoms with Gasteiger partial charge in [0.2, 0.25) is 0 Å². The maximum absolute atomic E-state index is 11.5. The third-order valence-corrected chi connectivity index (χ3v) is 5.36. The summed E-state index contributed by atoms with van der Waals surface area (Å²) in [6.07, 6.45) is 5.15. The molecule has 0 saturated carbocycles. The summed E-state index contributed by atoms with van der Waals surface area (Å²) in [6.45, 7) is 2.20. The molecular weight excluding hydrogens is 362 g/mol. The van der Waals surface area contributed by atoms with E-state index >= 15 is 0 Å². The van der Waals surface area contributed by atoms with Crippen molar-refractivity contribution in [3.63, 3.8) is 0 Å². The number of fused-ring (bicyclic) bond motifs is 1. The molecule has 0 spiro atoms. The SMILES string of the molecule is COC(=O)c1ccc(OC2C=CC(NC(C)c3cccc4ccccc34)C2)cc1. The first-order valence-corrected chi connectivity index (χ1v) is 9.91. The summed E-state index contributed by atoms with van der Waals surface area (Å²) in [5.74, 6) is 0.402. The van der Waals surface area contributed by atoms with E-state index in [4.69, 9.17) is 9.47 Å². The van der Waals surface area contributed by atoms with Crippen molar-refractivity contribution in [1.29, 1.82) is 0 Å². The predicted octanol–water partition coefficient (Wildman–Crippen LogP) is 5.05. The largest absolute Gasteiger partial charge is 0.486 e. The fraction of sp³-hybridized carbons (Fsp3) is 0.240. The lowest BCUT2D eigenvalue weighted by molar-refractivity contribution is 0.0600. The van der Waals surface area contributed by atoms with Crippen LogP contribution in [0.5, 0.6) is 5.75 Å². The van der Waals surface area contributed by atoms with Crippen molar-refractivity contribution in [2.24, 2.45) is 0 Å². The molecule has 1 N–H and O–H groups in total. The van der Waals surface area contributed by atoms with E-state index in [0.717, 1.165) is 12.2 Å². The summed E-state index contributed by atoms with van der Waals surface area (Å²) in [5, 5.41) is 6.26. The minimum Gasteiger partial charge on any atom is -0.486 e. The Morgan fingerprint density at radius 2 is 1.76 bits per heavy atom. The lowest BCUT2D eigenvalue weighted by Gasteiger charge is -2.21. The number of esters is 1. The summed E-state index contributed by atoms with van der Waals surface area (Å²) in [5.41, 5.74) is 1.82. The van der Waals surface area contributed by atoms with E-state index in [1.54, 1.807) is 24.3 Å². The van der Waals surface area contributed by atoms with E-state index in [-0.39, 0.29) is 24.2 Å². The highest BCUT2D eigenvalue weighted by Gasteiger charge is 2.22. The average Bonchev–Trinajstić information content (AvgIpc) is 3.19. The molecule has 29 heavy (non-hydrogen) atoms. The number of hydrogen-bond acceptors (Lipinski definition) is 4. The normalized spacial score (nSPS) is 19.2. The van der Waals surface area contributed by atoms with Gasteiger partial charge in [-0.15, -0.1) is 0 Å². The van der Waals surface area contributed by atoms with Crippen LogP contribution in [0.3, 0.4) is 0 Å². The van der Waals surface area contributed by atoms with E-state index in [2.05, 4.69) is 66.9 Å². The van der Waals surface area contributed by atoms with Gasteiger partial charge in [0.05, 0.1) is 12.7 Å². The zero-order chi connectivity index (χ0) is 20.2. The van der Waals surface area contributed by atoms with Crippen LogP contribution in [-0.2, 0) is 4.74 Å². The Morgan fingerprint density at radius 3 is 2.55 bits per heavy atom. The number of benzene rings is 3. The quantitative estimate of drug-likeness (QED) is 0.475. The van der Waals surface area contributed by atoms with Crippen LogP contribution >= 0.6 is 0 Å². The number of rotatable bonds is 6. The van der Waals surface area contributed by atoms with Gasteiger partial charge in [0.1, 0.15) is 11.9 Å². The van der Waals surface area contributed by atoms with E-state index in [0.29, 0.717) is 5.56 Å². The molecule has 0 fully saturated rings. The van der Waals surface area contributed by atoms with Gasteiger partial charge in [-0.1, -0.05) is 48.5 Å². The van der Waals surface area contributed by atoms with Crippen LogP contribution < -0.4 is 10.1 Å². The molecule has 1 aliphatic carbocycles. The van der Waals surface area contributed by atoms with E-state index < -0.39 is 0 Å². The van der Waals surface area contributed by atoms with Crippen molar-refractivity contribution >= 4 is 16.7 Å². The zero-order valence-corrected chi connectivity index (χ0v) is 16.7. The summed E-state index contributed by atoms with van der Waals surface area (Å²) in [4.78, 5) is 11.5. The van der Waals surface area contributed by atoms with Gasteiger partial charge in [0.15, 0.2) is 0 Å². The molecule has 3 aromatic rings. The molecule has 0 bridgehead atoms. The summed E-state index contributed by atoms with van der Waals surface area (Å²) < 4.78 is 10.8. The second-order valence-electron chi connectivity index (χ2n) is 7.36. The van der Waals surface area contributed by atoms with Gasteiger partial charge in [-0.2, -0.15) is 0 Å². The van der Waals surface area contributed by atoms with Crippen LogP contribution in [0.1, 0.15) is 35.3 Å². The second kappa shape index (κ2) is 8.50. The highest BCUT2D eigenvalue weighted by Crippen LogP contribution is 2.26. The monoisotopic (exact) mass is 387 g/mol. The van der Waals surface area contributed by atoms with E-state index in [9.17, 15) is 4.79 Å². The molecule has 0 radical (unpaired) electrons. The molecule has 0 amide bonds. The first kappa shape index (κ1) is 19.2. The molecule has 148 valence electrons. The number of ether oxygens (including phenoxy) is 2. The lowest BCUT2D eigenvalue weighted by atomic mass is 9.99. The fourth-order valence-corrected chi connectivity index (χ4v) is 3.88. The van der Waals surface area contributed by atoms with Crippen molar-refractivity contribution < 1.29 is 14.3 Å². The van der Waals surface area contributed by atoms with Crippen molar-refractivity contribution in [2.75, 3.05) is 7.11 Å². The molecule has 4 heteroatoms. The van der Waals surface area contributed by atoms with Gasteiger partial charge in [0, 0.05) is 18.5 Å². The highest BCUT2D eigenvalue weighted by atomic mass is 16.5. The number of nitrogens with one attached hydrogen (secondary N) is 1. The molecule has 0 heterocycles. The summed E-state index contributed by atoms with van der Waals surface area (Å²) in [7, 11) is 1.38. The third-order valence-electron chi connectivity index (χ3n) is 5.36. The first-order chi connectivity index (χ1) is 14.1. The first-order valence-electron chi connectivity index (χ1n) is 9.91. The van der Waals surface area contributed by atoms with Gasteiger partial charge in [-0.25, -0.2) is 4.79 Å². The molecule has 3 unspecified atom stereocenters. The van der Waals surface area contributed by atoms with Gasteiger partial charge in [-0.3, -0.25) is 0 Å². The standard InChI is InChI=1S/C25H25NO3/c1-17(23-9-5-7-18-6-3-4-8-24(18)23)26-20-12-15-22(16-20)29-21-13-10-19(11-14-21)25(27)28-2/h3-15,17,20,22,26H,16H2,1-2H3. The Hall–Kier alpha value is -3.11. The van der Waals surface area contributed by atoms with Crippen LogP contribution in [0, 0.1) is 0 Å². The van der Waals surface area contributed by atoms with Gasteiger partial charge in [0.25, 0.3) is 0 Å². The molecule has 4 rings (SSSR count). The van der Waals surface area contributed by atoms with Crippen molar-refractivity contribution in [3.05, 3.63) is 90.0 Å². The predicted molar refractivity (Wildman–Crippen MR) is 115 cm³/mol. The number of carbonyl (C=O) groups is 1. The summed E-state index contributed by atoms with van der Waals surface area (Å²) in [6, 6.07) is 22.5. The Labute approximate surface area is 171 Å². The van der Waals surface area contributed by atoms with E-state index in [1.165, 1.54) is 23.4 Å². The van der Waals surface area contributed by atoms with Crippen LogP contribution in [0.2, 0.25) is 0 Å². The maximum atomic E-state index is 11.5. The average molecular weight is 387 g/mol. The van der Waals surface area contributed by atoms with E-state index in [1.807, 2.05) is 0 Å². The third kappa shape index (κ3) is 4.33. The fourth-order valence-electron chi connectivity index (χ4n) is 3.88. The Balaban J connectivity index is 1.36. The van der Waals surface area contributed by atoms with Crippen molar-refractivity contribution in [2.45, 2.75) is 31.5 Å². The molecule has 1 aliphatic rings. The van der Waals surface area contributed by atoms with Crippen LogP contribution in [0.4, 0.5) is 0 Å². The van der Waals surface area contributed by atoms with Crippen LogP contribution in [0.15, 0.2) is 78.9 Å². The van der Waals surface area contributed by atoms with Crippen molar-refractivity contribution in [3.8, 4) is 5.75 Å². The lowest BCUT2D eigenvalue weighted by Crippen LogP contribution is -2.30. The summed E-state index contributed by atoms with van der Waals surface area (Å²) >= 11 is 0. The Morgan fingerprint density at radius 1 is 1.00 bits per heavy atom. The number of hydrogen-bond donors (Lipinski definition) is 1. The molecule has 0 aliphatic heterocycles. The smallest absolute Gasteiger partial charge is 0.337 e. The topological polar surface area (TPSA) is 47.6 Å². The molecular formula is C25H25NO3. The van der Waals surface area contributed by atoms with Crippen LogP contribution in [0.25, 0.3) is 10.8 Å². The highest BCUT2D eigenvalue weighted by molar-refractivity contribution is 5.89. The second-order valence-corrected chi connectivity index (χ2v) is 7.36. The molecule has 0 saturated heterocycles. The molecule has 0 aromatic heterocycles. The molecule has 3 aromatic carbocycles. The molecule has 4 nitrogen and oxygen atoms in total. The van der Waals surface area contributed by atoms with Gasteiger partial charge < -0.3 is 14.8 Å². The van der Waals surface area contributed by atoms with Gasteiger partial charge in [-0.05, 0) is 53.6 Å². The minimum atomic E-state index is -0.344. The van der Waals surface area contributed by atoms with Gasteiger partial charge >= 0.3 is 5.97 Å². The minimum absolute atomic E-state index is 0.0104. The Kier molecular flexibility index (Phi) is 5.63. The number of methoxy groups -OCH3 is 1. The maximum Gasteiger partial charge on any atom is 0.337 e. The number of carbonyl (C=O) groups excluding carboxylic acids is 1.